The van der Waals surface area contributed by atoms with Crippen LogP contribution in [0.4, 0.5) is 0 Å². The van der Waals surface area contributed by atoms with E-state index in [4.69, 9.17) is 9.47 Å². The molecule has 0 unspecified atom stereocenters. The lowest BCUT2D eigenvalue weighted by atomic mass is 10.2. The summed E-state index contributed by atoms with van der Waals surface area (Å²) in [6.07, 6.45) is -0.176. The first kappa shape index (κ1) is 16.4. The number of sulfonamides is 1. The fourth-order valence-electron chi connectivity index (χ4n) is 2.49. The molecule has 2 atom stereocenters. The Labute approximate surface area is 126 Å². The van der Waals surface area contributed by atoms with Crippen LogP contribution in [0.15, 0.2) is 29.2 Å². The van der Waals surface area contributed by atoms with Gasteiger partial charge in [-0.1, -0.05) is 12.1 Å². The fourth-order valence-corrected chi connectivity index (χ4v) is 4.15. The third-order valence-corrected chi connectivity index (χ3v) is 5.22. The van der Waals surface area contributed by atoms with Gasteiger partial charge in [-0.15, -0.1) is 0 Å². The molecule has 118 valence electrons. The molecule has 0 aromatic heterocycles. The molecular formula is C15H23NO4S. The number of hydrogen-bond acceptors (Lipinski definition) is 4. The summed E-state index contributed by atoms with van der Waals surface area (Å²) in [5.41, 5.74) is 0.868. The van der Waals surface area contributed by atoms with Crippen LogP contribution in [-0.4, -0.2) is 44.6 Å². The zero-order chi connectivity index (χ0) is 15.5. The van der Waals surface area contributed by atoms with Crippen molar-refractivity contribution in [2.24, 2.45) is 0 Å². The summed E-state index contributed by atoms with van der Waals surface area (Å²) in [5.74, 6) is 0. The molecule has 1 aliphatic rings. The van der Waals surface area contributed by atoms with Gasteiger partial charge >= 0.3 is 0 Å². The SMILES string of the molecule is CCOCc1cccc(S(=O)(=O)N2C[C@@H](C)O[C@@H](C)C2)c1. The Morgan fingerprint density at radius 3 is 2.57 bits per heavy atom. The van der Waals surface area contributed by atoms with Gasteiger partial charge in [0.25, 0.3) is 0 Å². The van der Waals surface area contributed by atoms with Crippen LogP contribution in [0.3, 0.4) is 0 Å². The lowest BCUT2D eigenvalue weighted by Gasteiger charge is -2.34. The van der Waals surface area contributed by atoms with E-state index in [-0.39, 0.29) is 12.2 Å². The third-order valence-electron chi connectivity index (χ3n) is 3.40. The predicted octanol–water partition coefficient (Wildman–Crippen LogP) is 2.02. The summed E-state index contributed by atoms with van der Waals surface area (Å²) in [5, 5.41) is 0. The highest BCUT2D eigenvalue weighted by Crippen LogP contribution is 2.22. The van der Waals surface area contributed by atoms with Crippen molar-refractivity contribution in [3.63, 3.8) is 0 Å². The Hall–Kier alpha value is -0.950. The van der Waals surface area contributed by atoms with E-state index in [2.05, 4.69) is 0 Å². The largest absolute Gasteiger partial charge is 0.377 e. The predicted molar refractivity (Wildman–Crippen MR) is 80.5 cm³/mol. The summed E-state index contributed by atoms with van der Waals surface area (Å²) in [4.78, 5) is 0.320. The standard InChI is InChI=1S/C15H23NO4S/c1-4-19-11-14-6-5-7-15(8-14)21(17,18)16-9-12(2)20-13(3)10-16/h5-8,12-13H,4,9-11H2,1-3H3/t12-,13+. The van der Waals surface area contributed by atoms with Crippen molar-refractivity contribution in [2.45, 2.75) is 44.5 Å². The number of ether oxygens (including phenoxy) is 2. The smallest absolute Gasteiger partial charge is 0.243 e. The summed E-state index contributed by atoms with van der Waals surface area (Å²) in [7, 11) is -3.48. The van der Waals surface area contributed by atoms with E-state index in [9.17, 15) is 8.42 Å². The van der Waals surface area contributed by atoms with Crippen molar-refractivity contribution in [1.82, 2.24) is 4.31 Å². The van der Waals surface area contributed by atoms with E-state index in [1.165, 1.54) is 4.31 Å². The Morgan fingerprint density at radius 2 is 1.95 bits per heavy atom. The molecule has 0 N–H and O–H groups in total. The van der Waals surface area contributed by atoms with Gasteiger partial charge in [0.15, 0.2) is 0 Å². The van der Waals surface area contributed by atoms with Gasteiger partial charge in [-0.05, 0) is 38.5 Å². The number of benzene rings is 1. The summed E-state index contributed by atoms with van der Waals surface area (Å²) < 4.78 is 37.9. The maximum Gasteiger partial charge on any atom is 0.243 e. The van der Waals surface area contributed by atoms with Gasteiger partial charge in [-0.25, -0.2) is 8.42 Å². The molecule has 21 heavy (non-hydrogen) atoms. The molecule has 0 aliphatic carbocycles. The van der Waals surface area contributed by atoms with E-state index in [1.807, 2.05) is 26.8 Å². The zero-order valence-corrected chi connectivity index (χ0v) is 13.6. The zero-order valence-electron chi connectivity index (χ0n) is 12.8. The van der Waals surface area contributed by atoms with Crippen LogP contribution < -0.4 is 0 Å². The van der Waals surface area contributed by atoms with Crippen LogP contribution in [0.1, 0.15) is 26.3 Å². The van der Waals surface area contributed by atoms with Crippen molar-refractivity contribution in [3.8, 4) is 0 Å². The van der Waals surface area contributed by atoms with Crippen molar-refractivity contribution in [1.29, 1.82) is 0 Å². The van der Waals surface area contributed by atoms with Gasteiger partial charge in [0.1, 0.15) is 0 Å². The molecule has 5 nitrogen and oxygen atoms in total. The van der Waals surface area contributed by atoms with Crippen LogP contribution in [0.5, 0.6) is 0 Å². The van der Waals surface area contributed by atoms with E-state index in [0.717, 1.165) is 5.56 Å². The molecular weight excluding hydrogens is 290 g/mol. The Morgan fingerprint density at radius 1 is 1.29 bits per heavy atom. The highest BCUT2D eigenvalue weighted by Gasteiger charge is 2.32. The minimum atomic E-state index is -3.48. The molecule has 1 fully saturated rings. The van der Waals surface area contributed by atoms with Crippen LogP contribution in [-0.2, 0) is 26.1 Å². The third kappa shape index (κ3) is 4.03. The molecule has 1 aliphatic heterocycles. The second kappa shape index (κ2) is 6.87. The minimum absolute atomic E-state index is 0.0878. The van der Waals surface area contributed by atoms with Gasteiger partial charge in [0.2, 0.25) is 10.0 Å². The average Bonchev–Trinajstić information content (AvgIpc) is 2.44. The Balaban J connectivity index is 2.22. The van der Waals surface area contributed by atoms with Gasteiger partial charge in [-0.3, -0.25) is 0 Å². The molecule has 0 amide bonds. The Bertz CT molecular complexity index is 563. The van der Waals surface area contributed by atoms with E-state index in [0.29, 0.717) is 31.2 Å². The van der Waals surface area contributed by atoms with E-state index < -0.39 is 10.0 Å². The lowest BCUT2D eigenvalue weighted by Crippen LogP contribution is -2.48. The van der Waals surface area contributed by atoms with E-state index >= 15 is 0 Å². The Kier molecular flexibility index (Phi) is 5.37. The van der Waals surface area contributed by atoms with Crippen molar-refractivity contribution in [3.05, 3.63) is 29.8 Å². The molecule has 6 heteroatoms. The molecule has 0 radical (unpaired) electrons. The van der Waals surface area contributed by atoms with Gasteiger partial charge in [-0.2, -0.15) is 4.31 Å². The topological polar surface area (TPSA) is 55.8 Å². The molecule has 1 aromatic rings. The molecule has 0 saturated carbocycles. The summed E-state index contributed by atoms with van der Waals surface area (Å²) in [6.45, 7) is 7.51. The van der Waals surface area contributed by atoms with Crippen LogP contribution >= 0.6 is 0 Å². The number of hydrogen-bond donors (Lipinski definition) is 0. The molecule has 0 bridgehead atoms. The number of morpholine rings is 1. The first-order valence-corrected chi connectivity index (χ1v) is 8.69. The van der Waals surface area contributed by atoms with Gasteiger partial charge < -0.3 is 9.47 Å². The normalized spacial score (nSPS) is 24.1. The molecule has 1 heterocycles. The lowest BCUT2D eigenvalue weighted by molar-refractivity contribution is -0.0440. The summed E-state index contributed by atoms with van der Waals surface area (Å²) in [6, 6.07) is 6.96. The van der Waals surface area contributed by atoms with Gasteiger partial charge in [0.05, 0.1) is 23.7 Å². The molecule has 1 saturated heterocycles. The quantitative estimate of drug-likeness (QED) is 0.834. The first-order chi connectivity index (χ1) is 9.93. The summed E-state index contributed by atoms with van der Waals surface area (Å²) >= 11 is 0. The second-order valence-electron chi connectivity index (χ2n) is 5.36. The number of rotatable bonds is 5. The highest BCUT2D eigenvalue weighted by molar-refractivity contribution is 7.89. The number of nitrogens with zero attached hydrogens (tertiary/aromatic N) is 1. The molecule has 1 aromatic carbocycles. The monoisotopic (exact) mass is 313 g/mol. The molecule has 0 spiro atoms. The van der Waals surface area contributed by atoms with Crippen molar-refractivity contribution in [2.75, 3.05) is 19.7 Å². The second-order valence-corrected chi connectivity index (χ2v) is 7.30. The molecule has 2 rings (SSSR count). The maximum atomic E-state index is 12.7. The van der Waals surface area contributed by atoms with E-state index in [1.54, 1.807) is 18.2 Å². The minimum Gasteiger partial charge on any atom is -0.377 e. The van der Waals surface area contributed by atoms with Crippen molar-refractivity contribution >= 4 is 10.0 Å². The first-order valence-electron chi connectivity index (χ1n) is 7.25. The maximum absolute atomic E-state index is 12.7. The average molecular weight is 313 g/mol. The van der Waals surface area contributed by atoms with Gasteiger partial charge in [0, 0.05) is 19.7 Å². The van der Waals surface area contributed by atoms with Crippen LogP contribution in [0.25, 0.3) is 0 Å². The van der Waals surface area contributed by atoms with Crippen LogP contribution in [0.2, 0.25) is 0 Å². The van der Waals surface area contributed by atoms with Crippen LogP contribution in [0, 0.1) is 0 Å². The fraction of sp³-hybridized carbons (Fsp3) is 0.600. The highest BCUT2D eigenvalue weighted by atomic mass is 32.2. The van der Waals surface area contributed by atoms with Crippen molar-refractivity contribution < 1.29 is 17.9 Å².